The van der Waals surface area contributed by atoms with Gasteiger partial charge in [-0.05, 0) is 34.5 Å². The van der Waals surface area contributed by atoms with E-state index in [1.54, 1.807) is 6.07 Å². The van der Waals surface area contributed by atoms with Gasteiger partial charge in [-0.15, -0.1) is 0 Å². The first kappa shape index (κ1) is 15.8. The molecule has 0 aliphatic rings. The number of rotatable bonds is 4. The summed E-state index contributed by atoms with van der Waals surface area (Å²) >= 11 is 15.9. The number of benzene rings is 1. The van der Waals surface area contributed by atoms with E-state index in [0.717, 1.165) is 21.4 Å². The predicted octanol–water partition coefficient (Wildman–Crippen LogP) is 3.54. The summed E-state index contributed by atoms with van der Waals surface area (Å²) in [5.74, 6) is 5.68. The first-order valence-electron chi connectivity index (χ1n) is 6.03. The Morgan fingerprint density at radius 1 is 1.45 bits per heavy atom. The number of hydrogen-bond acceptors (Lipinski definition) is 3. The lowest BCUT2D eigenvalue weighted by Gasteiger charge is -2.18. The highest BCUT2D eigenvalue weighted by atomic mass is 79.9. The summed E-state index contributed by atoms with van der Waals surface area (Å²) in [6.45, 7) is 1.95. The molecule has 7 heteroatoms. The van der Waals surface area contributed by atoms with Crippen LogP contribution in [-0.4, -0.2) is 9.78 Å². The summed E-state index contributed by atoms with van der Waals surface area (Å²) in [4.78, 5) is 0. The summed E-state index contributed by atoms with van der Waals surface area (Å²) in [5.41, 5.74) is 5.64. The molecule has 0 radical (unpaired) electrons. The van der Waals surface area contributed by atoms with Gasteiger partial charge in [-0.1, -0.05) is 35.3 Å². The van der Waals surface area contributed by atoms with Crippen LogP contribution in [0.1, 0.15) is 23.0 Å². The number of aromatic nitrogens is 2. The molecule has 1 atom stereocenters. The number of nitrogens with two attached hydrogens (primary N) is 1. The molecule has 0 saturated carbocycles. The zero-order valence-electron chi connectivity index (χ0n) is 11.1. The van der Waals surface area contributed by atoms with Gasteiger partial charge in [0.2, 0.25) is 0 Å². The molecule has 2 aromatic rings. The molecule has 0 spiro atoms. The maximum absolute atomic E-state index is 6.26. The van der Waals surface area contributed by atoms with Crippen molar-refractivity contribution in [2.45, 2.75) is 19.4 Å². The lowest BCUT2D eigenvalue weighted by molar-refractivity contribution is 0.529. The third-order valence-corrected chi connectivity index (χ3v) is 5.08. The molecule has 4 nitrogen and oxygen atoms in total. The molecule has 0 aliphatic carbocycles. The molecule has 1 aromatic heterocycles. The monoisotopic (exact) mass is 376 g/mol. The Morgan fingerprint density at radius 2 is 2.15 bits per heavy atom. The first-order valence-corrected chi connectivity index (χ1v) is 7.58. The second-order valence-electron chi connectivity index (χ2n) is 4.54. The van der Waals surface area contributed by atoms with Gasteiger partial charge in [0.05, 0.1) is 31.9 Å². The van der Waals surface area contributed by atoms with Crippen LogP contribution in [-0.2, 0) is 13.5 Å². The van der Waals surface area contributed by atoms with Crippen LogP contribution in [0, 0.1) is 6.92 Å². The standard InChI is InChI=1S/C13H15BrCl2N4/c1-7-12(14)11(20(2)19-7)6-10(18-17)8-4-3-5-9(15)13(8)16/h3-5,10,18H,6,17H2,1-2H3. The van der Waals surface area contributed by atoms with Crippen molar-refractivity contribution in [3.8, 4) is 0 Å². The van der Waals surface area contributed by atoms with Crippen molar-refractivity contribution in [3.63, 3.8) is 0 Å². The zero-order chi connectivity index (χ0) is 14.9. The topological polar surface area (TPSA) is 55.9 Å². The molecule has 0 amide bonds. The Balaban J connectivity index is 2.36. The van der Waals surface area contributed by atoms with Gasteiger partial charge in [0.25, 0.3) is 0 Å². The number of hydrogen-bond donors (Lipinski definition) is 2. The molecule has 0 saturated heterocycles. The fourth-order valence-corrected chi connectivity index (χ4v) is 3.08. The van der Waals surface area contributed by atoms with Crippen molar-refractivity contribution in [1.29, 1.82) is 0 Å². The highest BCUT2D eigenvalue weighted by molar-refractivity contribution is 9.10. The van der Waals surface area contributed by atoms with E-state index in [0.29, 0.717) is 16.5 Å². The van der Waals surface area contributed by atoms with Gasteiger partial charge in [-0.25, -0.2) is 0 Å². The van der Waals surface area contributed by atoms with Crippen molar-refractivity contribution >= 4 is 39.1 Å². The summed E-state index contributed by atoms with van der Waals surface area (Å²) in [5, 5.41) is 5.41. The summed E-state index contributed by atoms with van der Waals surface area (Å²) < 4.78 is 2.82. The van der Waals surface area contributed by atoms with E-state index < -0.39 is 0 Å². The van der Waals surface area contributed by atoms with E-state index in [1.807, 2.05) is 30.8 Å². The number of halogens is 3. The molecule has 2 rings (SSSR count). The van der Waals surface area contributed by atoms with Gasteiger partial charge in [-0.3, -0.25) is 16.0 Å². The molecular weight excluding hydrogens is 363 g/mol. The maximum atomic E-state index is 6.26. The van der Waals surface area contributed by atoms with Crippen LogP contribution in [0.25, 0.3) is 0 Å². The minimum absolute atomic E-state index is 0.146. The van der Waals surface area contributed by atoms with Gasteiger partial charge in [0, 0.05) is 13.5 Å². The van der Waals surface area contributed by atoms with E-state index in [1.165, 1.54) is 0 Å². The van der Waals surface area contributed by atoms with Crippen LogP contribution in [0.4, 0.5) is 0 Å². The largest absolute Gasteiger partial charge is 0.271 e. The maximum Gasteiger partial charge on any atom is 0.0738 e. The molecule has 1 heterocycles. The SMILES string of the molecule is Cc1nn(C)c(CC(NN)c2cccc(Cl)c2Cl)c1Br. The van der Waals surface area contributed by atoms with Crippen LogP contribution in [0.15, 0.2) is 22.7 Å². The minimum Gasteiger partial charge on any atom is -0.271 e. The highest BCUT2D eigenvalue weighted by Gasteiger charge is 2.20. The van der Waals surface area contributed by atoms with Crippen molar-refractivity contribution in [1.82, 2.24) is 15.2 Å². The molecule has 1 unspecified atom stereocenters. The normalized spacial score (nSPS) is 12.7. The van der Waals surface area contributed by atoms with Crippen LogP contribution in [0.5, 0.6) is 0 Å². The number of aryl methyl sites for hydroxylation is 2. The van der Waals surface area contributed by atoms with Crippen molar-refractivity contribution in [2.75, 3.05) is 0 Å². The van der Waals surface area contributed by atoms with Crippen LogP contribution in [0.3, 0.4) is 0 Å². The van der Waals surface area contributed by atoms with Gasteiger partial charge in [0.15, 0.2) is 0 Å². The first-order chi connectivity index (χ1) is 9.45. The fourth-order valence-electron chi connectivity index (χ4n) is 2.14. The lowest BCUT2D eigenvalue weighted by Crippen LogP contribution is -2.30. The molecule has 0 aliphatic heterocycles. The average molecular weight is 378 g/mol. The molecular formula is C13H15BrCl2N4. The Morgan fingerprint density at radius 3 is 2.70 bits per heavy atom. The van der Waals surface area contributed by atoms with Crippen LogP contribution in [0.2, 0.25) is 10.0 Å². The predicted molar refractivity (Wildman–Crippen MR) is 85.9 cm³/mol. The van der Waals surface area contributed by atoms with Crippen molar-refractivity contribution < 1.29 is 0 Å². The molecule has 1 aromatic carbocycles. The second-order valence-corrected chi connectivity index (χ2v) is 6.11. The van der Waals surface area contributed by atoms with Gasteiger partial charge < -0.3 is 0 Å². The Kier molecular flexibility index (Phi) is 5.09. The summed E-state index contributed by atoms with van der Waals surface area (Å²) in [7, 11) is 1.90. The molecule has 3 N–H and O–H groups in total. The Labute approximate surface area is 136 Å². The third-order valence-electron chi connectivity index (χ3n) is 3.22. The highest BCUT2D eigenvalue weighted by Crippen LogP contribution is 2.32. The molecule has 0 fully saturated rings. The Hall–Kier alpha value is -0.590. The van der Waals surface area contributed by atoms with Gasteiger partial charge in [-0.2, -0.15) is 5.10 Å². The molecule has 20 heavy (non-hydrogen) atoms. The fraction of sp³-hybridized carbons (Fsp3) is 0.308. The smallest absolute Gasteiger partial charge is 0.0738 e. The number of nitrogens with zero attached hydrogens (tertiary/aromatic N) is 2. The minimum atomic E-state index is -0.146. The van der Waals surface area contributed by atoms with Gasteiger partial charge >= 0.3 is 0 Å². The molecule has 108 valence electrons. The van der Waals surface area contributed by atoms with E-state index >= 15 is 0 Å². The quantitative estimate of drug-likeness (QED) is 0.632. The van der Waals surface area contributed by atoms with Crippen molar-refractivity contribution in [2.24, 2.45) is 12.9 Å². The Bertz CT molecular complexity index is 627. The van der Waals surface area contributed by atoms with E-state index in [-0.39, 0.29) is 6.04 Å². The van der Waals surface area contributed by atoms with E-state index in [9.17, 15) is 0 Å². The van der Waals surface area contributed by atoms with Crippen LogP contribution >= 0.6 is 39.1 Å². The average Bonchev–Trinajstić information content (AvgIpc) is 2.65. The third kappa shape index (κ3) is 3.02. The summed E-state index contributed by atoms with van der Waals surface area (Å²) in [6.07, 6.45) is 0.647. The number of hydrazine groups is 1. The van der Waals surface area contributed by atoms with Crippen molar-refractivity contribution in [3.05, 3.63) is 49.7 Å². The second kappa shape index (κ2) is 6.45. The molecule has 0 bridgehead atoms. The van der Waals surface area contributed by atoms with E-state index in [2.05, 4.69) is 26.5 Å². The summed E-state index contributed by atoms with van der Waals surface area (Å²) in [6, 6.07) is 5.38. The number of nitrogens with one attached hydrogen (secondary N) is 1. The lowest BCUT2D eigenvalue weighted by atomic mass is 10.0. The van der Waals surface area contributed by atoms with Gasteiger partial charge in [0.1, 0.15) is 0 Å². The van der Waals surface area contributed by atoms with Crippen LogP contribution < -0.4 is 11.3 Å². The zero-order valence-corrected chi connectivity index (χ0v) is 14.2. The van der Waals surface area contributed by atoms with E-state index in [4.69, 9.17) is 29.0 Å².